The topological polar surface area (TPSA) is 64.5 Å². The predicted octanol–water partition coefficient (Wildman–Crippen LogP) is 3.31. The van der Waals surface area contributed by atoms with E-state index in [0.29, 0.717) is 6.54 Å². The number of thioether (sulfide) groups is 1. The molecule has 0 aliphatic heterocycles. The number of hydrogen-bond acceptors (Lipinski definition) is 4. The van der Waals surface area contributed by atoms with Crippen molar-refractivity contribution >= 4 is 17.4 Å². The Kier molecular flexibility index (Phi) is 4.48. The maximum Gasteiger partial charge on any atom is 0.102 e. The van der Waals surface area contributed by atoms with Gasteiger partial charge >= 0.3 is 0 Å². The van der Waals surface area contributed by atoms with Crippen molar-refractivity contribution in [3.05, 3.63) is 41.2 Å². The van der Waals surface area contributed by atoms with Crippen LogP contribution in [0.2, 0.25) is 0 Å². The van der Waals surface area contributed by atoms with Gasteiger partial charge in [0.15, 0.2) is 0 Å². The number of nitriles is 1. The van der Waals surface area contributed by atoms with Gasteiger partial charge in [0.1, 0.15) is 6.07 Å². The molecule has 0 amide bonds. The van der Waals surface area contributed by atoms with Crippen LogP contribution in [-0.4, -0.2) is 16.0 Å². The third kappa shape index (κ3) is 3.09. The van der Waals surface area contributed by atoms with E-state index in [1.807, 2.05) is 25.1 Å². The van der Waals surface area contributed by atoms with Crippen LogP contribution in [0.4, 0.5) is 5.69 Å². The molecule has 4 nitrogen and oxygen atoms in total. The smallest absolute Gasteiger partial charge is 0.102 e. The summed E-state index contributed by atoms with van der Waals surface area (Å²) >= 11 is 1.69. The van der Waals surface area contributed by atoms with Gasteiger partial charge in [-0.25, -0.2) is 0 Å². The van der Waals surface area contributed by atoms with E-state index in [4.69, 9.17) is 0 Å². The summed E-state index contributed by atoms with van der Waals surface area (Å²) in [5.74, 6) is 0.957. The molecule has 0 fully saturated rings. The first-order valence-electron chi connectivity index (χ1n) is 6.15. The molecule has 1 heterocycles. The Labute approximate surface area is 117 Å². The van der Waals surface area contributed by atoms with Crippen LogP contribution in [0.3, 0.4) is 0 Å². The Morgan fingerprint density at radius 2 is 2.32 bits per heavy atom. The van der Waals surface area contributed by atoms with E-state index in [1.54, 1.807) is 18.0 Å². The number of H-pyrrole nitrogens is 1. The van der Waals surface area contributed by atoms with E-state index >= 15 is 0 Å². The van der Waals surface area contributed by atoms with Gasteiger partial charge in [-0.15, -0.1) is 11.8 Å². The number of rotatable bonds is 5. The molecule has 0 aliphatic rings. The molecule has 0 unspecified atom stereocenters. The molecule has 2 rings (SSSR count). The van der Waals surface area contributed by atoms with E-state index in [0.717, 1.165) is 33.2 Å². The second kappa shape index (κ2) is 6.30. The van der Waals surface area contributed by atoms with Crippen LogP contribution >= 0.6 is 11.8 Å². The van der Waals surface area contributed by atoms with Crippen LogP contribution < -0.4 is 5.32 Å². The highest BCUT2D eigenvalue weighted by atomic mass is 32.2. The molecule has 98 valence electrons. The zero-order chi connectivity index (χ0) is 13.7. The average molecular weight is 272 g/mol. The molecule has 0 saturated heterocycles. The molecule has 0 atom stereocenters. The Balaban J connectivity index is 2.18. The molecular weight excluding hydrogens is 256 g/mol. The lowest BCUT2D eigenvalue weighted by Gasteiger charge is -2.10. The Bertz CT molecular complexity index is 598. The third-order valence-electron chi connectivity index (χ3n) is 2.84. The molecule has 1 aromatic heterocycles. The number of hydrogen-bond donors (Lipinski definition) is 2. The lowest BCUT2D eigenvalue weighted by atomic mass is 10.2. The summed E-state index contributed by atoms with van der Waals surface area (Å²) in [6.07, 6.45) is 1.80. The van der Waals surface area contributed by atoms with Crippen LogP contribution in [0.1, 0.15) is 23.7 Å². The van der Waals surface area contributed by atoms with Crippen molar-refractivity contribution in [1.82, 2.24) is 10.2 Å². The van der Waals surface area contributed by atoms with Crippen LogP contribution in [-0.2, 0) is 6.54 Å². The molecule has 0 aliphatic carbocycles. The predicted molar refractivity (Wildman–Crippen MR) is 78.2 cm³/mol. The van der Waals surface area contributed by atoms with Crippen LogP contribution in [0.5, 0.6) is 0 Å². The quantitative estimate of drug-likeness (QED) is 0.820. The number of nitrogens with one attached hydrogen (secondary N) is 2. The lowest BCUT2D eigenvalue weighted by molar-refractivity contribution is 1.04. The highest BCUT2D eigenvalue weighted by Gasteiger charge is 2.08. The van der Waals surface area contributed by atoms with Crippen molar-refractivity contribution in [2.75, 3.05) is 11.1 Å². The third-order valence-corrected chi connectivity index (χ3v) is 3.78. The molecule has 0 bridgehead atoms. The van der Waals surface area contributed by atoms with E-state index in [-0.39, 0.29) is 0 Å². The number of aromatic nitrogens is 2. The molecule has 0 spiro atoms. The van der Waals surface area contributed by atoms with Crippen molar-refractivity contribution in [3.8, 4) is 6.07 Å². The lowest BCUT2D eigenvalue weighted by Crippen LogP contribution is -2.02. The first kappa shape index (κ1) is 13.5. The van der Waals surface area contributed by atoms with Crippen molar-refractivity contribution in [2.24, 2.45) is 0 Å². The normalized spacial score (nSPS) is 10.2. The summed E-state index contributed by atoms with van der Waals surface area (Å²) in [5, 5.41) is 19.5. The van der Waals surface area contributed by atoms with Gasteiger partial charge in [0.05, 0.1) is 17.4 Å². The highest BCUT2D eigenvalue weighted by Crippen LogP contribution is 2.28. The van der Waals surface area contributed by atoms with Crippen LogP contribution in [0, 0.1) is 18.3 Å². The van der Waals surface area contributed by atoms with Gasteiger partial charge in [0.25, 0.3) is 0 Å². The first-order valence-corrected chi connectivity index (χ1v) is 7.13. The SMILES string of the molecule is CCSc1cccc(NCc2cn[nH]c2C)c1C#N. The zero-order valence-electron chi connectivity index (χ0n) is 11.0. The molecule has 5 heteroatoms. The van der Waals surface area contributed by atoms with E-state index in [1.165, 1.54) is 0 Å². The van der Waals surface area contributed by atoms with Gasteiger partial charge in [-0.3, -0.25) is 5.10 Å². The van der Waals surface area contributed by atoms with Crippen molar-refractivity contribution in [3.63, 3.8) is 0 Å². The second-order valence-corrected chi connectivity index (χ2v) is 5.40. The Morgan fingerprint density at radius 1 is 1.47 bits per heavy atom. The van der Waals surface area contributed by atoms with Gasteiger partial charge in [-0.05, 0) is 24.8 Å². The Hall–Kier alpha value is -1.93. The van der Waals surface area contributed by atoms with Crippen molar-refractivity contribution in [2.45, 2.75) is 25.3 Å². The van der Waals surface area contributed by atoms with Gasteiger partial charge in [-0.2, -0.15) is 10.4 Å². The monoisotopic (exact) mass is 272 g/mol. The molecule has 0 saturated carbocycles. The standard InChI is InChI=1S/C14H16N4S/c1-3-19-14-6-4-5-13(12(14)7-15)16-8-11-9-17-18-10(11)2/h4-6,9,16H,3,8H2,1-2H3,(H,17,18). The fourth-order valence-electron chi connectivity index (χ4n) is 1.81. The van der Waals surface area contributed by atoms with E-state index in [9.17, 15) is 5.26 Å². The molecule has 1 aromatic carbocycles. The van der Waals surface area contributed by atoms with E-state index in [2.05, 4.69) is 28.5 Å². The summed E-state index contributed by atoms with van der Waals surface area (Å²) in [7, 11) is 0. The van der Waals surface area contributed by atoms with Gasteiger partial charge < -0.3 is 5.32 Å². The summed E-state index contributed by atoms with van der Waals surface area (Å²) in [4.78, 5) is 1.03. The number of benzene rings is 1. The summed E-state index contributed by atoms with van der Waals surface area (Å²) < 4.78 is 0. The molecule has 0 radical (unpaired) electrons. The minimum Gasteiger partial charge on any atom is -0.380 e. The number of nitrogens with zero attached hydrogens (tertiary/aromatic N) is 2. The Morgan fingerprint density at radius 3 is 2.95 bits per heavy atom. The van der Waals surface area contributed by atoms with E-state index < -0.39 is 0 Å². The number of anilines is 1. The van der Waals surface area contributed by atoms with Crippen molar-refractivity contribution in [1.29, 1.82) is 5.26 Å². The number of aromatic amines is 1. The van der Waals surface area contributed by atoms with Gasteiger partial charge in [0.2, 0.25) is 0 Å². The number of aryl methyl sites for hydroxylation is 1. The molecule has 2 N–H and O–H groups in total. The summed E-state index contributed by atoms with van der Waals surface area (Å²) in [5.41, 5.74) is 3.75. The molecule has 19 heavy (non-hydrogen) atoms. The fourth-order valence-corrected chi connectivity index (χ4v) is 2.60. The minimum absolute atomic E-state index is 0.664. The average Bonchev–Trinajstić information content (AvgIpc) is 2.82. The maximum atomic E-state index is 9.32. The molecular formula is C14H16N4S. The fraction of sp³-hybridized carbons (Fsp3) is 0.286. The van der Waals surface area contributed by atoms with Gasteiger partial charge in [-0.1, -0.05) is 13.0 Å². The zero-order valence-corrected chi connectivity index (χ0v) is 11.8. The van der Waals surface area contributed by atoms with Crippen molar-refractivity contribution < 1.29 is 0 Å². The minimum atomic E-state index is 0.664. The first-order chi connectivity index (χ1) is 9.26. The second-order valence-electron chi connectivity index (χ2n) is 4.10. The largest absolute Gasteiger partial charge is 0.380 e. The maximum absolute atomic E-state index is 9.32. The highest BCUT2D eigenvalue weighted by molar-refractivity contribution is 7.99. The summed E-state index contributed by atoms with van der Waals surface area (Å²) in [6, 6.07) is 8.19. The molecule has 2 aromatic rings. The summed E-state index contributed by atoms with van der Waals surface area (Å²) in [6.45, 7) is 4.73. The van der Waals surface area contributed by atoms with Gasteiger partial charge in [0, 0.05) is 22.7 Å². The van der Waals surface area contributed by atoms with Crippen LogP contribution in [0.25, 0.3) is 0 Å². The van der Waals surface area contributed by atoms with Crippen LogP contribution in [0.15, 0.2) is 29.3 Å².